The van der Waals surface area contributed by atoms with Gasteiger partial charge in [-0.15, -0.1) is 0 Å². The fraction of sp³-hybridized carbons (Fsp3) is 0.333. The molecular weight excluding hydrogens is 448 g/mol. The van der Waals surface area contributed by atoms with Crippen molar-refractivity contribution in [3.63, 3.8) is 0 Å². The van der Waals surface area contributed by atoms with Gasteiger partial charge < -0.3 is 65.6 Å². The number of aliphatic hydroxyl groups is 2. The van der Waals surface area contributed by atoms with Crippen LogP contribution < -0.4 is 55.4 Å². The van der Waals surface area contributed by atoms with Gasteiger partial charge in [0.15, 0.2) is 0 Å². The van der Waals surface area contributed by atoms with Crippen LogP contribution in [0.15, 0.2) is 24.3 Å². The summed E-state index contributed by atoms with van der Waals surface area (Å²) in [5.41, 5.74) is 5.81. The molecule has 20 heavy (non-hydrogen) atoms. The summed E-state index contributed by atoms with van der Waals surface area (Å²) in [7, 11) is 0. The summed E-state index contributed by atoms with van der Waals surface area (Å²) in [6.45, 7) is -0.349. The van der Waals surface area contributed by atoms with Crippen LogP contribution in [0, 0.1) is 10.1 Å². The molecule has 1 aromatic rings. The Labute approximate surface area is 154 Å². The zero-order valence-electron chi connectivity index (χ0n) is 9.73. The van der Waals surface area contributed by atoms with Gasteiger partial charge in [0.1, 0.15) is 0 Å². The van der Waals surface area contributed by atoms with E-state index in [1.54, 1.807) is 0 Å². The van der Waals surface area contributed by atoms with Crippen LogP contribution >= 0.6 is 0 Å². The van der Waals surface area contributed by atoms with Crippen molar-refractivity contribution in [3.8, 4) is 0 Å². The van der Waals surface area contributed by atoms with Gasteiger partial charge in [-0.05, 0) is 17.7 Å². The summed E-state index contributed by atoms with van der Waals surface area (Å²) in [5, 5.41) is 28.6. The van der Waals surface area contributed by atoms with Crippen LogP contribution in [-0.2, 0) is 20.4 Å². The van der Waals surface area contributed by atoms with Crippen LogP contribution in [0.2, 0.25) is 0 Å². The first-order chi connectivity index (χ1) is 7.06. The molecule has 0 radical (unpaired) electrons. The van der Waals surface area contributed by atoms with E-state index in [9.17, 15) is 15.2 Å². The number of nitro groups is 1. The molecule has 0 fully saturated rings. The fourth-order valence-corrected chi connectivity index (χ4v) is 1.14. The van der Waals surface area contributed by atoms with E-state index < -0.39 is 17.1 Å². The molecule has 1 aromatic carbocycles. The van der Waals surface area contributed by atoms with Gasteiger partial charge >= 0.3 is 20.4 Å². The summed E-state index contributed by atoms with van der Waals surface area (Å²) < 4.78 is 0. The van der Waals surface area contributed by atoms with Gasteiger partial charge in [-0.25, -0.2) is 0 Å². The summed E-state index contributed by atoms with van der Waals surface area (Å²) in [5.74, 6) is 0. The molecule has 0 aromatic heterocycles. The Balaban J connectivity index is -0.000000150. The molecule has 0 aliphatic rings. The maximum absolute atomic E-state index is 10.4. The topological polar surface area (TPSA) is 110 Å². The minimum absolute atomic E-state index is 0. The van der Waals surface area contributed by atoms with E-state index in [0.29, 0.717) is 5.56 Å². The Kier molecular flexibility index (Phi) is 25.4. The molecule has 0 bridgehead atoms. The number of halogens is 4. The maximum Gasteiger partial charge on any atom is 2.00 e. The van der Waals surface area contributed by atoms with Crippen molar-refractivity contribution in [2.45, 2.75) is 12.1 Å². The molecule has 1 rings (SSSR count). The zero-order chi connectivity index (χ0) is 11.4. The van der Waals surface area contributed by atoms with E-state index in [4.69, 9.17) is 10.8 Å². The summed E-state index contributed by atoms with van der Waals surface area (Å²) in [6, 6.07) is 4.61. The molecule has 0 amide bonds. The van der Waals surface area contributed by atoms with Crippen LogP contribution in [0.4, 0.5) is 5.69 Å². The van der Waals surface area contributed by atoms with Crippen LogP contribution in [0.3, 0.4) is 0 Å². The molecule has 0 spiro atoms. The molecule has 0 saturated heterocycles. The molecule has 0 aliphatic heterocycles. The Morgan fingerprint density at radius 1 is 1.15 bits per heavy atom. The first kappa shape index (κ1) is 32.3. The largest absolute Gasteiger partial charge is 2.00 e. The first-order valence-electron chi connectivity index (χ1n) is 4.35. The number of rotatable bonds is 4. The van der Waals surface area contributed by atoms with Crippen molar-refractivity contribution in [3.05, 3.63) is 39.9 Å². The molecule has 0 heterocycles. The molecule has 2 atom stereocenters. The number of benzene rings is 1. The molecule has 6 nitrogen and oxygen atoms in total. The standard InChI is InChI=1S/C9H12N2O4.4ClH.Pd/c10-8(5-12)9(13)6-1-3-7(4-2-6)11(14)15;;;;;/h1-4,8-9,12-13H,5,10H2;4*1H;/q;;;;;+2/p-4. The van der Waals surface area contributed by atoms with Gasteiger partial charge in [-0.3, -0.25) is 10.1 Å². The number of nitro benzene ring substituents is 1. The molecule has 11 heteroatoms. The number of hydrogen-bond acceptors (Lipinski definition) is 5. The van der Waals surface area contributed by atoms with E-state index >= 15 is 0 Å². The SMILES string of the molecule is NC(CO)C(O)c1ccc([N+](=O)[O-])cc1.[Cl-].[Cl-].[Cl-].[Cl-].[Pd+2]. The fourth-order valence-electron chi connectivity index (χ4n) is 1.14. The number of hydrogen-bond donors (Lipinski definition) is 3. The second-order valence-corrected chi connectivity index (χ2v) is 3.14. The number of nitrogens with two attached hydrogens (primary N) is 1. The average Bonchev–Trinajstić information content (AvgIpc) is 2.27. The van der Waals surface area contributed by atoms with E-state index in [0.717, 1.165) is 0 Å². The maximum atomic E-state index is 10.4. The van der Waals surface area contributed by atoms with Gasteiger partial charge in [0.05, 0.1) is 23.7 Å². The van der Waals surface area contributed by atoms with Crippen molar-refractivity contribution in [2.24, 2.45) is 5.73 Å². The van der Waals surface area contributed by atoms with Crippen molar-refractivity contribution in [1.82, 2.24) is 0 Å². The van der Waals surface area contributed by atoms with E-state index in [1.807, 2.05) is 0 Å². The van der Waals surface area contributed by atoms with Crippen molar-refractivity contribution >= 4 is 5.69 Å². The normalized spacial score (nSPS) is 10.9. The monoisotopic (exact) mass is 458 g/mol. The molecule has 0 saturated carbocycles. The molecule has 0 aliphatic carbocycles. The summed E-state index contributed by atoms with van der Waals surface area (Å²) >= 11 is 0. The smallest absolute Gasteiger partial charge is 1.00 e. The third kappa shape index (κ3) is 9.29. The van der Waals surface area contributed by atoms with Crippen LogP contribution in [0.5, 0.6) is 0 Å². The molecule has 2 unspecified atom stereocenters. The van der Waals surface area contributed by atoms with Gasteiger partial charge in [-0.1, -0.05) is 0 Å². The summed E-state index contributed by atoms with van der Waals surface area (Å²) in [4.78, 5) is 9.82. The Hall–Kier alpha value is 0.322. The van der Waals surface area contributed by atoms with E-state index in [-0.39, 0.29) is 82.3 Å². The van der Waals surface area contributed by atoms with Crippen molar-refractivity contribution in [2.75, 3.05) is 6.61 Å². The van der Waals surface area contributed by atoms with Crippen molar-refractivity contribution in [1.29, 1.82) is 0 Å². The first-order valence-corrected chi connectivity index (χ1v) is 4.35. The van der Waals surface area contributed by atoms with Gasteiger partial charge in [0.2, 0.25) is 0 Å². The summed E-state index contributed by atoms with van der Waals surface area (Å²) in [6.07, 6.45) is -1.02. The minimum atomic E-state index is -1.02. The molecule has 122 valence electrons. The second-order valence-electron chi connectivity index (χ2n) is 3.14. The Bertz CT molecular complexity index is 358. The average molecular weight is 460 g/mol. The molecule has 4 N–H and O–H groups in total. The van der Waals surface area contributed by atoms with Crippen molar-refractivity contribution < 1.29 is 85.2 Å². The third-order valence-electron chi connectivity index (χ3n) is 2.06. The van der Waals surface area contributed by atoms with Gasteiger partial charge in [0.25, 0.3) is 5.69 Å². The van der Waals surface area contributed by atoms with Gasteiger partial charge in [-0.2, -0.15) is 0 Å². The van der Waals surface area contributed by atoms with Crippen LogP contribution in [0.25, 0.3) is 0 Å². The molecular formula is C9H12Cl4N2O4Pd-2. The van der Waals surface area contributed by atoms with E-state index in [1.165, 1.54) is 24.3 Å². The van der Waals surface area contributed by atoms with Crippen LogP contribution in [0.1, 0.15) is 11.7 Å². The Morgan fingerprint density at radius 3 is 1.85 bits per heavy atom. The predicted molar refractivity (Wildman–Crippen MR) is 53.1 cm³/mol. The third-order valence-corrected chi connectivity index (χ3v) is 2.06. The predicted octanol–water partition coefficient (Wildman–Crippen LogP) is -12.0. The quantitative estimate of drug-likeness (QED) is 0.235. The van der Waals surface area contributed by atoms with E-state index in [2.05, 4.69) is 0 Å². The van der Waals surface area contributed by atoms with Gasteiger partial charge in [0, 0.05) is 12.1 Å². The number of nitrogens with zero attached hydrogens (tertiary/aromatic N) is 1. The van der Waals surface area contributed by atoms with Crippen LogP contribution in [-0.4, -0.2) is 27.8 Å². The second kappa shape index (κ2) is 15.7. The Morgan fingerprint density at radius 2 is 1.55 bits per heavy atom. The number of non-ortho nitro benzene ring substituents is 1. The zero-order valence-corrected chi connectivity index (χ0v) is 14.3. The minimum Gasteiger partial charge on any atom is -1.00 e. The number of aliphatic hydroxyl groups excluding tert-OH is 2.